The Morgan fingerprint density at radius 1 is 0.307 bits per heavy atom. The van der Waals surface area contributed by atoms with E-state index in [9.17, 15) is 68.4 Å². The maximum absolute atomic E-state index is 13.8. The van der Waals surface area contributed by atoms with Crippen LogP contribution in [0.2, 0.25) is 0 Å². The average Bonchev–Trinajstić information content (AvgIpc) is 3.26. The Labute approximate surface area is 562 Å². The topological polar surface area (TPSA) is 313 Å². The van der Waals surface area contributed by atoms with Gasteiger partial charge in [0.15, 0.2) is 23.0 Å². The number of hydrogen-bond acceptors (Lipinski definition) is 14. The summed E-state index contributed by atoms with van der Waals surface area (Å²) in [4.78, 5) is 131. The fourth-order valence-electron chi connectivity index (χ4n) is 7.86. The summed E-state index contributed by atoms with van der Waals surface area (Å²) in [5.74, 6) is -13.3. The second-order valence-electron chi connectivity index (χ2n) is 17.9. The minimum Gasteiger partial charge on any atom is -0.478 e. The molecule has 20 nitrogen and oxygen atoms in total. The largest absolute Gasteiger partial charge is 0.478 e. The van der Waals surface area contributed by atoms with Crippen molar-refractivity contribution in [3.63, 3.8) is 0 Å². The number of anilines is 2. The maximum Gasteiger partial charge on any atom is 0.343 e. The molecule has 0 saturated carbocycles. The van der Waals surface area contributed by atoms with Crippen LogP contribution in [0.15, 0.2) is 169 Å². The first-order valence-corrected chi connectivity index (χ1v) is 30.6. The van der Waals surface area contributed by atoms with Crippen LogP contribution in [0.1, 0.15) is 115 Å². The average molecular weight is 1710 g/mol. The molecule has 0 saturated heterocycles. The Morgan fingerprint density at radius 2 is 0.534 bits per heavy atom. The smallest absolute Gasteiger partial charge is 0.343 e. The molecule has 28 heteroatoms. The third kappa shape index (κ3) is 16.2. The second-order valence-corrected chi connectivity index (χ2v) is 25.0. The number of carbonyl (C=O) groups is 10. The highest BCUT2D eigenvalue weighted by atomic mass is 79.9. The van der Waals surface area contributed by atoms with Gasteiger partial charge >= 0.3 is 47.8 Å². The lowest BCUT2D eigenvalue weighted by atomic mass is 10.1. The molecule has 444 valence electrons. The molecule has 8 rings (SSSR count). The molecular weight excluding hydrogens is 1680 g/mol. The minimum atomic E-state index is -1.43. The van der Waals surface area contributed by atoms with Crippen molar-refractivity contribution < 1.29 is 87.3 Å². The standard InChI is InChI=1S/C60H30Br8N2O18/c61-33-17-39(53(73)74)47(43(65)21-33)85-57(81)29-11-30(58(82)86-48-40(54(75)76)18-34(62)22-44(48)66)14-37(13-29)69-51(71)27-7-3-25(4-8-27)1-2-26-5-9-28(10-6-26)52(72)70-38-15-31(59(83)87-49-41(55(77)78)19-35(63)23-45(49)67)12-32(16-38)60(84)88-50-42(56(79)80)20-36(64)24-46(50)68/h1-24H,(H,69,71)(H,70,72)(H,73,74)(H,75,76)(H,77,78)(H,79,80)/b2-1-. The number of nitrogens with one attached hydrogen (secondary N) is 2. The van der Waals surface area contributed by atoms with Crippen LogP contribution in [-0.2, 0) is 0 Å². The Hall–Kier alpha value is -7.96. The molecule has 0 fully saturated rings. The molecule has 0 bridgehead atoms. The van der Waals surface area contributed by atoms with Gasteiger partial charge in [0.2, 0.25) is 0 Å². The van der Waals surface area contributed by atoms with Gasteiger partial charge in [0.05, 0.1) is 40.1 Å². The van der Waals surface area contributed by atoms with Crippen LogP contribution in [-0.4, -0.2) is 80.0 Å². The van der Waals surface area contributed by atoms with Crippen LogP contribution >= 0.6 is 127 Å². The normalized spacial score (nSPS) is 10.9. The Kier molecular flexibility index (Phi) is 21.4. The van der Waals surface area contributed by atoms with Gasteiger partial charge in [0, 0.05) is 40.4 Å². The van der Waals surface area contributed by atoms with Crippen molar-refractivity contribution in [1.29, 1.82) is 0 Å². The first kappa shape index (κ1) is 66.0. The lowest BCUT2D eigenvalue weighted by Crippen LogP contribution is -2.18. The Morgan fingerprint density at radius 3 is 0.750 bits per heavy atom. The predicted molar refractivity (Wildman–Crippen MR) is 346 cm³/mol. The summed E-state index contributed by atoms with van der Waals surface area (Å²) in [7, 11) is 0. The fourth-order valence-corrected chi connectivity index (χ4v) is 13.1. The third-order valence-electron chi connectivity index (χ3n) is 11.9. The van der Waals surface area contributed by atoms with Crippen LogP contribution in [0.5, 0.6) is 23.0 Å². The van der Waals surface area contributed by atoms with E-state index in [1.165, 1.54) is 72.8 Å². The number of hydrogen-bond donors (Lipinski definition) is 6. The molecule has 0 spiro atoms. The maximum atomic E-state index is 13.8. The number of halogens is 8. The number of ether oxygens (including phenoxy) is 4. The zero-order chi connectivity index (χ0) is 64.0. The molecule has 0 atom stereocenters. The van der Waals surface area contributed by atoms with E-state index >= 15 is 0 Å². The van der Waals surface area contributed by atoms with Crippen molar-refractivity contribution >= 4 is 211 Å². The van der Waals surface area contributed by atoms with Crippen molar-refractivity contribution in [3.05, 3.63) is 236 Å². The number of carboxylic acids is 4. The number of esters is 4. The number of carbonyl (C=O) groups excluding carboxylic acids is 6. The van der Waals surface area contributed by atoms with Crippen LogP contribution in [0.3, 0.4) is 0 Å². The van der Waals surface area contributed by atoms with Gasteiger partial charge < -0.3 is 50.0 Å². The van der Waals surface area contributed by atoms with Crippen molar-refractivity contribution in [2.45, 2.75) is 0 Å². The summed E-state index contributed by atoms with van der Waals surface area (Å²) in [6.45, 7) is 0. The van der Waals surface area contributed by atoms with Crippen molar-refractivity contribution in [2.24, 2.45) is 0 Å². The van der Waals surface area contributed by atoms with Crippen molar-refractivity contribution in [2.75, 3.05) is 10.6 Å². The van der Waals surface area contributed by atoms with Gasteiger partial charge in [-0.1, -0.05) is 100 Å². The van der Waals surface area contributed by atoms with Gasteiger partial charge in [-0.05, 0) is 184 Å². The van der Waals surface area contributed by atoms with E-state index in [2.05, 4.69) is 138 Å². The van der Waals surface area contributed by atoms with Gasteiger partial charge in [-0.25, -0.2) is 38.4 Å². The van der Waals surface area contributed by atoms with E-state index in [0.29, 0.717) is 29.0 Å². The fraction of sp³-hybridized carbons (Fsp3) is 0. The molecule has 0 radical (unpaired) electrons. The van der Waals surface area contributed by atoms with Crippen molar-refractivity contribution in [1.82, 2.24) is 0 Å². The highest BCUT2D eigenvalue weighted by Crippen LogP contribution is 2.38. The Bertz CT molecular complexity index is 3870. The monoisotopic (exact) mass is 1700 g/mol. The lowest BCUT2D eigenvalue weighted by molar-refractivity contribution is 0.0658. The molecule has 0 unspecified atom stereocenters. The van der Waals surface area contributed by atoms with Crippen LogP contribution in [0.4, 0.5) is 11.4 Å². The molecule has 0 heterocycles. The molecule has 88 heavy (non-hydrogen) atoms. The van der Waals surface area contributed by atoms with Gasteiger partial charge in [0.25, 0.3) is 11.8 Å². The van der Waals surface area contributed by atoms with E-state index in [0.717, 1.165) is 36.4 Å². The van der Waals surface area contributed by atoms with Crippen molar-refractivity contribution in [3.8, 4) is 23.0 Å². The SMILES string of the molecule is O=C(Nc1cc(C(=O)Oc2c(Br)cc(Br)cc2C(=O)O)cc(C(=O)Oc2c(Br)cc(Br)cc2C(=O)O)c1)c1ccc(/C=C\c2ccc(C(=O)Nc3cc(C(=O)Oc4c(Br)cc(Br)cc4C(=O)O)cc(C(=O)Oc4c(Br)cc(Br)cc4C(=O)O)c3)cc2)cc1. The molecule has 8 aromatic carbocycles. The minimum absolute atomic E-state index is 0.0843. The van der Waals surface area contributed by atoms with E-state index in [4.69, 9.17) is 18.9 Å². The van der Waals surface area contributed by atoms with Gasteiger partial charge in [-0.15, -0.1) is 0 Å². The van der Waals surface area contributed by atoms with E-state index in [1.54, 1.807) is 36.4 Å². The predicted octanol–water partition coefficient (Wildman–Crippen LogP) is 16.1. The van der Waals surface area contributed by atoms with E-state index in [1.807, 2.05) is 0 Å². The number of benzene rings is 8. The summed E-state index contributed by atoms with van der Waals surface area (Å²) >= 11 is 25.6. The molecule has 0 aromatic heterocycles. The number of rotatable bonds is 18. The summed E-state index contributed by atoms with van der Waals surface area (Å²) < 4.78 is 23.8. The number of amides is 2. The zero-order valence-electron chi connectivity index (χ0n) is 43.4. The highest BCUT2D eigenvalue weighted by molar-refractivity contribution is 9.12. The summed E-state index contributed by atoms with van der Waals surface area (Å²) in [6, 6.07) is 29.6. The van der Waals surface area contributed by atoms with Crippen LogP contribution in [0, 0.1) is 0 Å². The summed E-state index contributed by atoms with van der Waals surface area (Å²) in [5, 5.41) is 44.7. The first-order chi connectivity index (χ1) is 41.6. The van der Waals surface area contributed by atoms with Gasteiger partial charge in [-0.3, -0.25) is 9.59 Å². The number of carboxylic acid groups (broad SMARTS) is 4. The van der Waals surface area contributed by atoms with Crippen LogP contribution < -0.4 is 29.6 Å². The third-order valence-corrected chi connectivity index (χ3v) is 16.1. The summed E-state index contributed by atoms with van der Waals surface area (Å²) in [5.41, 5.74) is -1.82. The molecule has 6 N–H and O–H groups in total. The zero-order valence-corrected chi connectivity index (χ0v) is 56.1. The van der Waals surface area contributed by atoms with Gasteiger partial charge in [0.1, 0.15) is 22.3 Å². The second kappa shape index (κ2) is 28.5. The lowest BCUT2D eigenvalue weighted by Gasteiger charge is -2.14. The molecule has 0 aliphatic rings. The molecule has 2 amide bonds. The quantitative estimate of drug-likeness (QED) is 0.0264. The van der Waals surface area contributed by atoms with E-state index in [-0.39, 0.29) is 85.6 Å². The summed E-state index contributed by atoms with van der Waals surface area (Å²) in [6.07, 6.45) is 3.40. The van der Waals surface area contributed by atoms with Crippen LogP contribution in [0.25, 0.3) is 12.2 Å². The molecular formula is C60H30Br8N2O18. The highest BCUT2D eigenvalue weighted by Gasteiger charge is 2.28. The van der Waals surface area contributed by atoms with E-state index < -0.39 is 81.8 Å². The molecule has 8 aromatic rings. The Balaban J connectivity index is 0.997. The van der Waals surface area contributed by atoms with Gasteiger partial charge in [-0.2, -0.15) is 0 Å². The molecule has 0 aliphatic carbocycles. The molecule has 0 aliphatic heterocycles. The number of aromatic carboxylic acids is 4. The first-order valence-electron chi connectivity index (χ1n) is 24.2.